The number of benzene rings is 1. The highest BCUT2D eigenvalue weighted by Gasteiger charge is 2.15. The van der Waals surface area contributed by atoms with Crippen LogP contribution in [-0.4, -0.2) is 16.0 Å². The number of hydrogen-bond acceptors (Lipinski definition) is 3. The van der Waals surface area contributed by atoms with Gasteiger partial charge in [0.15, 0.2) is 0 Å². The maximum Gasteiger partial charge on any atom is 0.255 e. The Morgan fingerprint density at radius 2 is 2.05 bits per heavy atom. The third-order valence-corrected chi connectivity index (χ3v) is 3.05. The molecular formula is C15H16N2O2. The number of aryl methyl sites for hydroxylation is 1. The van der Waals surface area contributed by atoms with Gasteiger partial charge in [0.1, 0.15) is 5.75 Å². The second-order valence-electron chi connectivity index (χ2n) is 4.44. The number of aromatic hydroxyl groups is 1. The van der Waals surface area contributed by atoms with Gasteiger partial charge < -0.3 is 10.4 Å². The highest BCUT2D eigenvalue weighted by Crippen LogP contribution is 2.19. The summed E-state index contributed by atoms with van der Waals surface area (Å²) in [6, 6.07) is 9.25. The maximum atomic E-state index is 12.1. The van der Waals surface area contributed by atoms with Crippen LogP contribution in [0.4, 0.5) is 0 Å². The minimum Gasteiger partial charge on any atom is -0.505 e. The Kier molecular flexibility index (Phi) is 3.80. The second-order valence-corrected chi connectivity index (χ2v) is 4.44. The van der Waals surface area contributed by atoms with Crippen LogP contribution >= 0.6 is 0 Å². The number of pyridine rings is 1. The summed E-state index contributed by atoms with van der Waals surface area (Å²) in [4.78, 5) is 15.8. The van der Waals surface area contributed by atoms with E-state index < -0.39 is 0 Å². The first kappa shape index (κ1) is 13.1. The van der Waals surface area contributed by atoms with Crippen molar-refractivity contribution in [3.05, 3.63) is 59.4 Å². The molecule has 0 radical (unpaired) electrons. The molecule has 1 heterocycles. The molecule has 1 amide bonds. The lowest BCUT2D eigenvalue weighted by Crippen LogP contribution is -2.27. The summed E-state index contributed by atoms with van der Waals surface area (Å²) in [5, 5.41) is 12.5. The van der Waals surface area contributed by atoms with Gasteiger partial charge in [0, 0.05) is 6.20 Å². The van der Waals surface area contributed by atoms with Crippen molar-refractivity contribution in [1.82, 2.24) is 10.3 Å². The number of carbonyl (C=O) groups excluding carboxylic acids is 1. The van der Waals surface area contributed by atoms with Crippen molar-refractivity contribution in [1.29, 1.82) is 0 Å². The van der Waals surface area contributed by atoms with Crippen LogP contribution in [0.15, 0.2) is 42.7 Å². The number of carbonyl (C=O) groups is 1. The predicted molar refractivity (Wildman–Crippen MR) is 73.0 cm³/mol. The van der Waals surface area contributed by atoms with E-state index in [-0.39, 0.29) is 23.3 Å². The molecule has 98 valence electrons. The van der Waals surface area contributed by atoms with Crippen LogP contribution in [-0.2, 0) is 0 Å². The number of amides is 1. The summed E-state index contributed by atoms with van der Waals surface area (Å²) >= 11 is 0. The van der Waals surface area contributed by atoms with Crippen molar-refractivity contribution in [2.45, 2.75) is 19.9 Å². The number of rotatable bonds is 3. The third-order valence-electron chi connectivity index (χ3n) is 3.05. The first-order valence-corrected chi connectivity index (χ1v) is 6.09. The number of nitrogens with zero attached hydrogens (tertiary/aromatic N) is 1. The van der Waals surface area contributed by atoms with Crippen LogP contribution in [0.1, 0.15) is 34.5 Å². The minimum absolute atomic E-state index is 0.114. The molecule has 0 saturated heterocycles. The van der Waals surface area contributed by atoms with E-state index in [1.807, 2.05) is 38.1 Å². The van der Waals surface area contributed by atoms with E-state index in [1.54, 1.807) is 0 Å². The fraction of sp³-hybridized carbons (Fsp3) is 0.200. The lowest BCUT2D eigenvalue weighted by Gasteiger charge is -2.16. The molecule has 0 aliphatic rings. The van der Waals surface area contributed by atoms with E-state index in [2.05, 4.69) is 10.3 Å². The van der Waals surface area contributed by atoms with Crippen molar-refractivity contribution in [2.75, 3.05) is 0 Å². The van der Waals surface area contributed by atoms with Gasteiger partial charge in [-0.3, -0.25) is 9.78 Å². The van der Waals surface area contributed by atoms with Gasteiger partial charge in [0.2, 0.25) is 0 Å². The fourth-order valence-electron chi connectivity index (χ4n) is 2.00. The molecule has 0 spiro atoms. The topological polar surface area (TPSA) is 62.2 Å². The molecule has 0 aliphatic heterocycles. The van der Waals surface area contributed by atoms with E-state index in [0.29, 0.717) is 0 Å². The third kappa shape index (κ3) is 2.91. The Bertz CT molecular complexity index is 596. The summed E-state index contributed by atoms with van der Waals surface area (Å²) in [6.07, 6.45) is 2.74. The average Bonchev–Trinajstić information content (AvgIpc) is 2.39. The molecule has 4 heteroatoms. The average molecular weight is 256 g/mol. The van der Waals surface area contributed by atoms with E-state index in [0.717, 1.165) is 11.1 Å². The van der Waals surface area contributed by atoms with E-state index >= 15 is 0 Å². The summed E-state index contributed by atoms with van der Waals surface area (Å²) < 4.78 is 0. The lowest BCUT2D eigenvalue weighted by atomic mass is 10.0. The maximum absolute atomic E-state index is 12.1. The molecule has 0 saturated carbocycles. The molecule has 0 aliphatic carbocycles. The van der Waals surface area contributed by atoms with Crippen molar-refractivity contribution in [3.63, 3.8) is 0 Å². The summed E-state index contributed by atoms with van der Waals surface area (Å²) in [6.45, 7) is 3.92. The Hall–Kier alpha value is -2.36. The second kappa shape index (κ2) is 5.52. The van der Waals surface area contributed by atoms with Gasteiger partial charge in [-0.2, -0.15) is 0 Å². The normalized spacial score (nSPS) is 11.9. The van der Waals surface area contributed by atoms with Gasteiger partial charge in [0.05, 0.1) is 17.8 Å². The van der Waals surface area contributed by atoms with Crippen LogP contribution in [0.25, 0.3) is 0 Å². The van der Waals surface area contributed by atoms with E-state index in [1.165, 1.54) is 18.5 Å². The zero-order valence-electron chi connectivity index (χ0n) is 10.9. The molecule has 2 rings (SSSR count). The SMILES string of the molecule is Cc1ccccc1C(C)NC(=O)c1ccncc1O. The van der Waals surface area contributed by atoms with Crippen LogP contribution < -0.4 is 5.32 Å². The first-order chi connectivity index (χ1) is 9.09. The summed E-state index contributed by atoms with van der Waals surface area (Å²) in [5.74, 6) is -0.423. The van der Waals surface area contributed by atoms with Gasteiger partial charge >= 0.3 is 0 Å². The molecule has 4 nitrogen and oxygen atoms in total. The van der Waals surface area contributed by atoms with Crippen LogP contribution in [0.3, 0.4) is 0 Å². The number of nitrogens with one attached hydrogen (secondary N) is 1. The van der Waals surface area contributed by atoms with E-state index in [4.69, 9.17) is 0 Å². The van der Waals surface area contributed by atoms with Crippen molar-refractivity contribution in [3.8, 4) is 5.75 Å². The highest BCUT2D eigenvalue weighted by molar-refractivity contribution is 5.96. The monoisotopic (exact) mass is 256 g/mol. The van der Waals surface area contributed by atoms with Crippen LogP contribution in [0, 0.1) is 6.92 Å². The van der Waals surface area contributed by atoms with Gasteiger partial charge in [0.25, 0.3) is 5.91 Å². The molecule has 1 atom stereocenters. The Labute approximate surface area is 112 Å². The smallest absolute Gasteiger partial charge is 0.255 e. The molecule has 2 aromatic rings. The zero-order chi connectivity index (χ0) is 13.8. The van der Waals surface area contributed by atoms with E-state index in [9.17, 15) is 9.90 Å². The Morgan fingerprint density at radius 3 is 2.74 bits per heavy atom. The molecule has 0 bridgehead atoms. The number of aromatic nitrogens is 1. The van der Waals surface area contributed by atoms with Crippen molar-refractivity contribution in [2.24, 2.45) is 0 Å². The molecule has 2 N–H and O–H groups in total. The lowest BCUT2D eigenvalue weighted by molar-refractivity contribution is 0.0937. The quantitative estimate of drug-likeness (QED) is 0.887. The first-order valence-electron chi connectivity index (χ1n) is 6.09. The molecule has 0 fully saturated rings. The van der Waals surface area contributed by atoms with Gasteiger partial charge in [-0.15, -0.1) is 0 Å². The van der Waals surface area contributed by atoms with Crippen LogP contribution in [0.5, 0.6) is 5.75 Å². The zero-order valence-corrected chi connectivity index (χ0v) is 10.9. The Morgan fingerprint density at radius 1 is 1.32 bits per heavy atom. The van der Waals surface area contributed by atoms with Gasteiger partial charge in [-0.05, 0) is 31.0 Å². The van der Waals surface area contributed by atoms with Gasteiger partial charge in [-0.1, -0.05) is 24.3 Å². The Balaban J connectivity index is 2.16. The summed E-state index contributed by atoms with van der Waals surface area (Å²) in [5.41, 5.74) is 2.41. The van der Waals surface area contributed by atoms with Gasteiger partial charge in [-0.25, -0.2) is 0 Å². The fourth-order valence-corrected chi connectivity index (χ4v) is 2.00. The highest BCUT2D eigenvalue weighted by atomic mass is 16.3. The standard InChI is InChI=1S/C15H16N2O2/c1-10-5-3-4-6-12(10)11(2)17-15(19)13-7-8-16-9-14(13)18/h3-9,11,18H,1-2H3,(H,17,19). The molecule has 1 unspecified atom stereocenters. The molecule has 1 aromatic heterocycles. The number of hydrogen-bond donors (Lipinski definition) is 2. The molecule has 19 heavy (non-hydrogen) atoms. The predicted octanol–water partition coefficient (Wildman–Crippen LogP) is 2.59. The van der Waals surface area contributed by atoms with Crippen molar-refractivity contribution >= 4 is 5.91 Å². The summed E-state index contributed by atoms with van der Waals surface area (Å²) in [7, 11) is 0. The molecule has 1 aromatic carbocycles. The largest absolute Gasteiger partial charge is 0.505 e. The molecular weight excluding hydrogens is 240 g/mol. The van der Waals surface area contributed by atoms with Crippen LogP contribution in [0.2, 0.25) is 0 Å². The van der Waals surface area contributed by atoms with Crippen molar-refractivity contribution < 1.29 is 9.90 Å². The minimum atomic E-state index is -0.310.